The van der Waals surface area contributed by atoms with E-state index in [9.17, 15) is 4.79 Å². The van der Waals surface area contributed by atoms with E-state index in [1.165, 1.54) is 5.56 Å². The van der Waals surface area contributed by atoms with Gasteiger partial charge < -0.3 is 9.72 Å². The lowest BCUT2D eigenvalue weighted by atomic mass is 10.0. The van der Waals surface area contributed by atoms with Gasteiger partial charge in [0.1, 0.15) is 12.4 Å². The van der Waals surface area contributed by atoms with Crippen molar-refractivity contribution >= 4 is 34.9 Å². The monoisotopic (exact) mass is 471 g/mol. The molecule has 0 radical (unpaired) electrons. The highest BCUT2D eigenvalue weighted by molar-refractivity contribution is 9.09. The van der Waals surface area contributed by atoms with E-state index in [0.29, 0.717) is 17.9 Å². The van der Waals surface area contributed by atoms with E-state index in [-0.39, 0.29) is 10.6 Å². The molecule has 29 heavy (non-hydrogen) atoms. The van der Waals surface area contributed by atoms with Gasteiger partial charge in [0, 0.05) is 16.8 Å². The van der Waals surface area contributed by atoms with Gasteiger partial charge in [-0.15, -0.1) is 0 Å². The van der Waals surface area contributed by atoms with Crippen LogP contribution in [0.5, 0.6) is 5.75 Å². The summed E-state index contributed by atoms with van der Waals surface area (Å²) in [5, 5.41) is 2.23. The summed E-state index contributed by atoms with van der Waals surface area (Å²) in [5.74, 6) is 0.717. The topological polar surface area (TPSA) is 42.1 Å². The van der Waals surface area contributed by atoms with Gasteiger partial charge in [0.25, 0.3) is 0 Å². The van der Waals surface area contributed by atoms with Crippen LogP contribution >= 0.6 is 15.9 Å². The SMILES string of the molecule is CC(C)(C)[Si](C)(C)C(CBr)c1ccc(OCc2ccccc2)c2[nH]c(=O)ccc12. The van der Waals surface area contributed by atoms with Crippen molar-refractivity contribution in [3.8, 4) is 5.75 Å². The average Bonchev–Trinajstić information content (AvgIpc) is 2.67. The molecule has 1 N–H and O–H groups in total. The van der Waals surface area contributed by atoms with Crippen LogP contribution in [-0.4, -0.2) is 18.4 Å². The van der Waals surface area contributed by atoms with E-state index in [1.807, 2.05) is 42.5 Å². The molecule has 2 aromatic carbocycles. The summed E-state index contributed by atoms with van der Waals surface area (Å²) < 4.78 is 6.11. The maximum Gasteiger partial charge on any atom is 0.248 e. The Kier molecular flexibility index (Phi) is 6.39. The number of aromatic nitrogens is 1. The molecule has 0 aliphatic heterocycles. The predicted molar refractivity (Wildman–Crippen MR) is 129 cm³/mol. The minimum absolute atomic E-state index is 0.109. The zero-order valence-electron chi connectivity index (χ0n) is 17.9. The molecule has 0 bridgehead atoms. The standard InChI is InChI=1S/C24H30BrNO2Si/c1-24(2,3)29(4,5)21(15-25)18-11-13-20(23-19(18)12-14-22(27)26-23)28-16-17-9-7-6-8-10-17/h6-14,21H,15-16H2,1-5H3,(H,26,27). The molecule has 1 unspecified atom stereocenters. The maximum absolute atomic E-state index is 12.1. The fraction of sp³-hybridized carbons (Fsp3) is 0.375. The second kappa shape index (κ2) is 8.48. The van der Waals surface area contributed by atoms with Crippen LogP contribution in [0.1, 0.15) is 37.4 Å². The van der Waals surface area contributed by atoms with Crippen molar-refractivity contribution < 1.29 is 4.74 Å². The fourth-order valence-corrected chi connectivity index (χ4v) is 8.83. The number of benzene rings is 2. The molecule has 1 aromatic heterocycles. The maximum atomic E-state index is 12.1. The van der Waals surface area contributed by atoms with E-state index >= 15 is 0 Å². The highest BCUT2D eigenvalue weighted by atomic mass is 79.9. The summed E-state index contributed by atoms with van der Waals surface area (Å²) in [4.78, 5) is 15.1. The molecule has 0 aliphatic carbocycles. The molecule has 0 amide bonds. The quantitative estimate of drug-likeness (QED) is 0.323. The van der Waals surface area contributed by atoms with Crippen molar-refractivity contribution in [2.45, 2.75) is 51.1 Å². The van der Waals surface area contributed by atoms with E-state index in [1.54, 1.807) is 6.07 Å². The van der Waals surface area contributed by atoms with Crippen molar-refractivity contribution in [3.63, 3.8) is 0 Å². The molecule has 0 saturated carbocycles. The van der Waals surface area contributed by atoms with Gasteiger partial charge >= 0.3 is 0 Å². The van der Waals surface area contributed by atoms with Crippen LogP contribution in [-0.2, 0) is 6.61 Å². The predicted octanol–water partition coefficient (Wildman–Crippen LogP) is 6.63. The van der Waals surface area contributed by atoms with E-state index in [2.05, 4.69) is 60.8 Å². The molecular formula is C24H30BrNO2Si. The molecule has 0 saturated heterocycles. The first kappa shape index (κ1) is 21.8. The molecule has 3 rings (SSSR count). The third-order valence-corrected chi connectivity index (χ3v) is 13.8. The number of halogens is 1. The lowest BCUT2D eigenvalue weighted by Gasteiger charge is -2.43. The lowest BCUT2D eigenvalue weighted by Crippen LogP contribution is -2.45. The third kappa shape index (κ3) is 4.51. The molecule has 3 nitrogen and oxygen atoms in total. The number of ether oxygens (including phenoxy) is 1. The summed E-state index contributed by atoms with van der Waals surface area (Å²) in [5.41, 5.74) is 3.48. The van der Waals surface area contributed by atoms with Gasteiger partial charge in [0.2, 0.25) is 5.56 Å². The summed E-state index contributed by atoms with van der Waals surface area (Å²) in [6.07, 6.45) is 0. The van der Waals surface area contributed by atoms with Crippen molar-refractivity contribution in [3.05, 3.63) is 76.1 Å². The Labute approximate surface area is 182 Å². The van der Waals surface area contributed by atoms with Crippen LogP contribution in [0.15, 0.2) is 59.4 Å². The van der Waals surface area contributed by atoms with Gasteiger partial charge in [0.05, 0.1) is 13.6 Å². The van der Waals surface area contributed by atoms with E-state index in [4.69, 9.17) is 4.74 Å². The largest absolute Gasteiger partial charge is 0.487 e. The first-order valence-corrected chi connectivity index (χ1v) is 14.2. The Balaban J connectivity index is 2.08. The molecule has 154 valence electrons. The van der Waals surface area contributed by atoms with Gasteiger partial charge in [-0.05, 0) is 33.8 Å². The highest BCUT2D eigenvalue weighted by Gasteiger charge is 2.42. The zero-order chi connectivity index (χ0) is 21.2. The number of aromatic amines is 1. The van der Waals surface area contributed by atoms with Gasteiger partial charge in [-0.1, -0.05) is 86.2 Å². The van der Waals surface area contributed by atoms with Crippen molar-refractivity contribution in [1.82, 2.24) is 4.98 Å². The first-order valence-electron chi connectivity index (χ1n) is 10.0. The Hall–Kier alpha value is -1.85. The Morgan fingerprint density at radius 2 is 1.72 bits per heavy atom. The molecule has 0 spiro atoms. The summed E-state index contributed by atoms with van der Waals surface area (Å²) >= 11 is 3.79. The minimum atomic E-state index is -1.67. The summed E-state index contributed by atoms with van der Waals surface area (Å²) in [7, 11) is -1.67. The summed E-state index contributed by atoms with van der Waals surface area (Å²) in [6, 6.07) is 17.8. The van der Waals surface area contributed by atoms with Crippen LogP contribution in [0.4, 0.5) is 0 Å². The van der Waals surface area contributed by atoms with Gasteiger partial charge in [-0.2, -0.15) is 0 Å². The number of fused-ring (bicyclic) bond motifs is 1. The number of hydrogen-bond acceptors (Lipinski definition) is 2. The molecule has 5 heteroatoms. The fourth-order valence-electron chi connectivity index (χ4n) is 3.59. The van der Waals surface area contributed by atoms with Gasteiger partial charge in [-0.3, -0.25) is 4.79 Å². The van der Waals surface area contributed by atoms with Crippen LogP contribution < -0.4 is 10.3 Å². The third-order valence-electron chi connectivity index (χ3n) is 6.46. The number of hydrogen-bond donors (Lipinski definition) is 1. The number of pyridine rings is 1. The lowest BCUT2D eigenvalue weighted by molar-refractivity contribution is 0.309. The Morgan fingerprint density at radius 1 is 1.03 bits per heavy atom. The normalized spacial score (nSPS) is 13.4. The Morgan fingerprint density at radius 3 is 2.34 bits per heavy atom. The molecule has 1 atom stereocenters. The second-order valence-corrected chi connectivity index (χ2v) is 15.5. The summed E-state index contributed by atoms with van der Waals surface area (Å²) in [6.45, 7) is 12.4. The first-order chi connectivity index (χ1) is 13.6. The number of nitrogens with one attached hydrogen (secondary N) is 1. The van der Waals surface area contributed by atoms with Crippen LogP contribution in [0.3, 0.4) is 0 Å². The Bertz CT molecular complexity index is 1040. The van der Waals surface area contributed by atoms with E-state index in [0.717, 1.165) is 21.8 Å². The average molecular weight is 472 g/mol. The molecule has 3 aromatic rings. The zero-order valence-corrected chi connectivity index (χ0v) is 20.5. The number of alkyl halides is 1. The van der Waals surface area contributed by atoms with Crippen molar-refractivity contribution in [2.24, 2.45) is 0 Å². The van der Waals surface area contributed by atoms with Gasteiger partial charge in [0.15, 0.2) is 0 Å². The minimum Gasteiger partial charge on any atom is -0.487 e. The van der Waals surface area contributed by atoms with Crippen molar-refractivity contribution in [2.75, 3.05) is 5.33 Å². The van der Waals surface area contributed by atoms with Crippen LogP contribution in [0.2, 0.25) is 18.1 Å². The van der Waals surface area contributed by atoms with Crippen LogP contribution in [0.25, 0.3) is 10.9 Å². The molecule has 0 aliphatic rings. The van der Waals surface area contributed by atoms with E-state index < -0.39 is 8.07 Å². The number of H-pyrrole nitrogens is 1. The number of rotatable bonds is 6. The second-order valence-electron chi connectivity index (χ2n) is 9.22. The van der Waals surface area contributed by atoms with Crippen LogP contribution in [0, 0.1) is 0 Å². The van der Waals surface area contributed by atoms with Gasteiger partial charge in [-0.25, -0.2) is 0 Å². The highest BCUT2D eigenvalue weighted by Crippen LogP contribution is 2.47. The molecule has 0 fully saturated rings. The van der Waals surface area contributed by atoms with Crippen molar-refractivity contribution in [1.29, 1.82) is 0 Å². The molecule has 1 heterocycles. The molecular weight excluding hydrogens is 442 g/mol. The smallest absolute Gasteiger partial charge is 0.248 e.